The number of carboxylic acid groups (broad SMARTS) is 1. The number of nitrogens with one attached hydrogen (secondary N) is 1. The molecule has 0 radical (unpaired) electrons. The van der Waals surface area contributed by atoms with Gasteiger partial charge in [0.05, 0.1) is 13.0 Å². The molecule has 1 saturated heterocycles. The van der Waals surface area contributed by atoms with Gasteiger partial charge in [0.25, 0.3) is 0 Å². The fourth-order valence-electron chi connectivity index (χ4n) is 2.11. The third-order valence-corrected chi connectivity index (χ3v) is 2.92. The van der Waals surface area contributed by atoms with Gasteiger partial charge in [-0.3, -0.25) is 14.5 Å². The minimum atomic E-state index is -0.770. The largest absolute Gasteiger partial charge is 0.481 e. The van der Waals surface area contributed by atoms with E-state index >= 15 is 0 Å². The van der Waals surface area contributed by atoms with Crippen LogP contribution in [0.4, 0.5) is 5.69 Å². The van der Waals surface area contributed by atoms with E-state index in [1.807, 2.05) is 35.2 Å². The van der Waals surface area contributed by atoms with Gasteiger partial charge in [-0.25, -0.2) is 0 Å². The summed E-state index contributed by atoms with van der Waals surface area (Å²) in [7, 11) is 0. The molecule has 0 atom stereocenters. The molecule has 1 aliphatic heterocycles. The predicted octanol–water partition coefficient (Wildman–Crippen LogP) is 1.03. The van der Waals surface area contributed by atoms with Crippen LogP contribution in [-0.4, -0.2) is 41.5 Å². The number of carboxylic acids is 1. The topological polar surface area (TPSA) is 69.6 Å². The molecule has 1 aromatic rings. The lowest BCUT2D eigenvalue weighted by Gasteiger charge is -2.37. The summed E-state index contributed by atoms with van der Waals surface area (Å²) < 4.78 is 0. The fraction of sp³-hybridized carbons (Fsp3) is 0.385. The monoisotopic (exact) mass is 248 g/mol. The van der Waals surface area contributed by atoms with Crippen LogP contribution in [0.1, 0.15) is 6.42 Å². The van der Waals surface area contributed by atoms with Crippen molar-refractivity contribution in [3.8, 4) is 0 Å². The maximum absolute atomic E-state index is 11.7. The SMILES string of the molecule is O=C(O)CC1CN(CC(=O)Nc2ccccc2)C1. The van der Waals surface area contributed by atoms with Crippen molar-refractivity contribution in [1.29, 1.82) is 0 Å². The van der Waals surface area contributed by atoms with E-state index in [9.17, 15) is 9.59 Å². The van der Waals surface area contributed by atoms with E-state index in [0.717, 1.165) is 5.69 Å². The summed E-state index contributed by atoms with van der Waals surface area (Å²) in [4.78, 5) is 24.1. The molecule has 5 nitrogen and oxygen atoms in total. The first-order chi connectivity index (χ1) is 8.63. The number of hydrogen-bond donors (Lipinski definition) is 2. The van der Waals surface area contributed by atoms with Crippen molar-refractivity contribution in [2.45, 2.75) is 6.42 Å². The van der Waals surface area contributed by atoms with Crippen molar-refractivity contribution >= 4 is 17.6 Å². The zero-order chi connectivity index (χ0) is 13.0. The molecule has 0 spiro atoms. The number of carbonyl (C=O) groups is 2. The molecule has 1 aromatic carbocycles. The lowest BCUT2D eigenvalue weighted by Crippen LogP contribution is -2.50. The fourth-order valence-corrected chi connectivity index (χ4v) is 2.11. The number of anilines is 1. The number of rotatable bonds is 5. The Morgan fingerprint density at radius 3 is 2.56 bits per heavy atom. The summed E-state index contributed by atoms with van der Waals surface area (Å²) in [5.41, 5.74) is 0.783. The van der Waals surface area contributed by atoms with Gasteiger partial charge in [-0.15, -0.1) is 0 Å². The number of nitrogens with zero attached hydrogens (tertiary/aromatic N) is 1. The van der Waals surface area contributed by atoms with Gasteiger partial charge in [0.2, 0.25) is 5.91 Å². The summed E-state index contributed by atoms with van der Waals surface area (Å²) in [6.07, 6.45) is 0.191. The number of hydrogen-bond acceptors (Lipinski definition) is 3. The highest BCUT2D eigenvalue weighted by Gasteiger charge is 2.29. The van der Waals surface area contributed by atoms with Gasteiger partial charge in [-0.2, -0.15) is 0 Å². The maximum Gasteiger partial charge on any atom is 0.303 e. The Hall–Kier alpha value is -1.88. The first-order valence-electron chi connectivity index (χ1n) is 5.92. The molecule has 96 valence electrons. The molecule has 0 aliphatic carbocycles. The highest BCUT2D eigenvalue weighted by atomic mass is 16.4. The van der Waals surface area contributed by atoms with Crippen molar-refractivity contribution in [2.75, 3.05) is 25.0 Å². The quantitative estimate of drug-likeness (QED) is 0.816. The van der Waals surface area contributed by atoms with E-state index in [4.69, 9.17) is 5.11 Å². The van der Waals surface area contributed by atoms with Gasteiger partial charge in [0.1, 0.15) is 0 Å². The normalized spacial score (nSPS) is 16.0. The van der Waals surface area contributed by atoms with Crippen LogP contribution in [0.2, 0.25) is 0 Å². The standard InChI is InChI=1S/C13H16N2O3/c16-12(14-11-4-2-1-3-5-11)9-15-7-10(8-15)6-13(17)18/h1-5,10H,6-9H2,(H,14,16)(H,17,18). The molecule has 1 heterocycles. The molecular formula is C13H16N2O3. The van der Waals surface area contributed by atoms with E-state index in [2.05, 4.69) is 5.32 Å². The number of para-hydroxylation sites is 1. The minimum absolute atomic E-state index is 0.0602. The van der Waals surface area contributed by atoms with Crippen LogP contribution >= 0.6 is 0 Å². The molecule has 0 aromatic heterocycles. The average molecular weight is 248 g/mol. The van der Waals surface area contributed by atoms with E-state index in [1.165, 1.54) is 0 Å². The van der Waals surface area contributed by atoms with E-state index in [-0.39, 0.29) is 18.2 Å². The lowest BCUT2D eigenvalue weighted by atomic mass is 9.96. The maximum atomic E-state index is 11.7. The number of aliphatic carboxylic acids is 1. The lowest BCUT2D eigenvalue weighted by molar-refractivity contribution is -0.139. The Bertz CT molecular complexity index is 427. The molecular weight excluding hydrogens is 232 g/mol. The van der Waals surface area contributed by atoms with Crippen LogP contribution < -0.4 is 5.32 Å². The first-order valence-corrected chi connectivity index (χ1v) is 5.92. The molecule has 1 amide bonds. The van der Waals surface area contributed by atoms with Crippen LogP contribution in [0.3, 0.4) is 0 Å². The minimum Gasteiger partial charge on any atom is -0.481 e. The van der Waals surface area contributed by atoms with Gasteiger partial charge in [0.15, 0.2) is 0 Å². The van der Waals surface area contributed by atoms with E-state index in [1.54, 1.807) is 0 Å². The number of benzene rings is 1. The third-order valence-electron chi connectivity index (χ3n) is 2.92. The van der Waals surface area contributed by atoms with Crippen LogP contribution in [0.5, 0.6) is 0 Å². The van der Waals surface area contributed by atoms with E-state index in [0.29, 0.717) is 19.6 Å². The Kier molecular flexibility index (Phi) is 3.94. The zero-order valence-corrected chi connectivity index (χ0v) is 10.0. The molecule has 1 aliphatic rings. The molecule has 1 fully saturated rings. The second kappa shape index (κ2) is 5.64. The number of carbonyl (C=O) groups excluding carboxylic acids is 1. The van der Waals surface area contributed by atoms with Gasteiger partial charge in [-0.05, 0) is 18.1 Å². The molecule has 18 heavy (non-hydrogen) atoms. The predicted molar refractivity (Wildman–Crippen MR) is 67.3 cm³/mol. The molecule has 0 unspecified atom stereocenters. The van der Waals surface area contributed by atoms with Crippen molar-refractivity contribution in [3.63, 3.8) is 0 Å². The van der Waals surface area contributed by atoms with Gasteiger partial charge in [0, 0.05) is 18.8 Å². The summed E-state index contributed by atoms with van der Waals surface area (Å²) in [6, 6.07) is 9.29. The molecule has 0 saturated carbocycles. The number of amides is 1. The second-order valence-corrected chi connectivity index (χ2v) is 4.57. The van der Waals surface area contributed by atoms with Crippen LogP contribution in [-0.2, 0) is 9.59 Å². The molecule has 5 heteroatoms. The Labute approximate surface area is 105 Å². The molecule has 2 rings (SSSR count). The van der Waals surface area contributed by atoms with E-state index < -0.39 is 5.97 Å². The Balaban J connectivity index is 1.69. The van der Waals surface area contributed by atoms with Crippen molar-refractivity contribution in [3.05, 3.63) is 30.3 Å². The van der Waals surface area contributed by atoms with Crippen LogP contribution in [0.25, 0.3) is 0 Å². The Morgan fingerprint density at radius 1 is 1.28 bits per heavy atom. The van der Waals surface area contributed by atoms with Crippen LogP contribution in [0, 0.1) is 5.92 Å². The smallest absolute Gasteiger partial charge is 0.303 e. The first kappa shape index (κ1) is 12.6. The summed E-state index contributed by atoms with van der Waals surface area (Å²) in [5, 5.41) is 11.4. The van der Waals surface area contributed by atoms with Crippen molar-refractivity contribution in [1.82, 2.24) is 4.90 Å². The zero-order valence-electron chi connectivity index (χ0n) is 10.0. The van der Waals surface area contributed by atoms with Gasteiger partial charge in [-0.1, -0.05) is 18.2 Å². The van der Waals surface area contributed by atoms with Gasteiger partial charge < -0.3 is 10.4 Å². The molecule has 0 bridgehead atoms. The second-order valence-electron chi connectivity index (χ2n) is 4.57. The average Bonchev–Trinajstić information content (AvgIpc) is 2.27. The van der Waals surface area contributed by atoms with Gasteiger partial charge >= 0.3 is 5.97 Å². The highest BCUT2D eigenvalue weighted by molar-refractivity contribution is 5.92. The Morgan fingerprint density at radius 2 is 1.94 bits per heavy atom. The molecule has 2 N–H and O–H groups in total. The summed E-state index contributed by atoms with van der Waals surface area (Å²) >= 11 is 0. The van der Waals surface area contributed by atoms with Crippen molar-refractivity contribution in [2.24, 2.45) is 5.92 Å². The van der Waals surface area contributed by atoms with Crippen molar-refractivity contribution < 1.29 is 14.7 Å². The number of likely N-dealkylation sites (tertiary alicyclic amines) is 1. The third kappa shape index (κ3) is 3.56. The summed E-state index contributed by atoms with van der Waals surface area (Å²) in [6.45, 7) is 1.70. The van der Waals surface area contributed by atoms with Crippen LogP contribution in [0.15, 0.2) is 30.3 Å². The summed E-state index contributed by atoms with van der Waals surface area (Å²) in [5.74, 6) is -0.643. The highest BCUT2D eigenvalue weighted by Crippen LogP contribution is 2.18.